The van der Waals surface area contributed by atoms with Gasteiger partial charge < -0.3 is 10.6 Å². The van der Waals surface area contributed by atoms with E-state index in [0.29, 0.717) is 6.54 Å². The third-order valence-electron chi connectivity index (χ3n) is 3.85. The first-order valence-corrected chi connectivity index (χ1v) is 7.03. The molecule has 0 spiro atoms. The number of benzene rings is 1. The van der Waals surface area contributed by atoms with Gasteiger partial charge in [-0.25, -0.2) is 0 Å². The lowest BCUT2D eigenvalue weighted by molar-refractivity contribution is 0.763. The van der Waals surface area contributed by atoms with E-state index < -0.39 is 0 Å². The quantitative estimate of drug-likeness (QED) is 0.825. The van der Waals surface area contributed by atoms with Crippen molar-refractivity contribution in [2.45, 2.75) is 33.1 Å². The van der Waals surface area contributed by atoms with E-state index in [-0.39, 0.29) is 0 Å². The SMILES string of the molecule is CCc1cccc(CC)c1N1CC=C(CN)CC1. The molecule has 0 bridgehead atoms. The molecule has 0 aromatic heterocycles. The molecule has 0 atom stereocenters. The van der Waals surface area contributed by atoms with Gasteiger partial charge in [0.05, 0.1) is 0 Å². The van der Waals surface area contributed by atoms with Gasteiger partial charge in [-0.2, -0.15) is 0 Å². The summed E-state index contributed by atoms with van der Waals surface area (Å²) in [6.45, 7) is 7.31. The summed E-state index contributed by atoms with van der Waals surface area (Å²) in [7, 11) is 0. The molecule has 0 saturated heterocycles. The summed E-state index contributed by atoms with van der Waals surface area (Å²) in [5, 5.41) is 0. The lowest BCUT2D eigenvalue weighted by Gasteiger charge is -2.31. The minimum Gasteiger partial charge on any atom is -0.367 e. The van der Waals surface area contributed by atoms with Gasteiger partial charge >= 0.3 is 0 Å². The number of anilines is 1. The monoisotopic (exact) mass is 244 g/mol. The fourth-order valence-electron chi connectivity index (χ4n) is 2.72. The molecule has 98 valence electrons. The first-order chi connectivity index (χ1) is 8.80. The van der Waals surface area contributed by atoms with E-state index in [1.165, 1.54) is 22.4 Å². The molecule has 1 aromatic rings. The van der Waals surface area contributed by atoms with Crippen molar-refractivity contribution in [3.05, 3.63) is 41.0 Å². The molecule has 2 nitrogen and oxygen atoms in total. The van der Waals surface area contributed by atoms with Crippen LogP contribution in [0.25, 0.3) is 0 Å². The molecule has 1 heterocycles. The highest BCUT2D eigenvalue weighted by Gasteiger charge is 2.16. The molecule has 2 heteroatoms. The van der Waals surface area contributed by atoms with Crippen LogP contribution in [-0.4, -0.2) is 19.6 Å². The number of aryl methyl sites for hydroxylation is 2. The zero-order valence-electron chi connectivity index (χ0n) is 11.6. The molecule has 1 aromatic carbocycles. The average molecular weight is 244 g/mol. The van der Waals surface area contributed by atoms with Gasteiger partial charge in [0.1, 0.15) is 0 Å². The van der Waals surface area contributed by atoms with Gasteiger partial charge in [0, 0.05) is 25.3 Å². The highest BCUT2D eigenvalue weighted by Crippen LogP contribution is 2.29. The van der Waals surface area contributed by atoms with Gasteiger partial charge in [0.2, 0.25) is 0 Å². The Bertz CT molecular complexity index is 412. The summed E-state index contributed by atoms with van der Waals surface area (Å²) in [4.78, 5) is 2.51. The molecule has 1 aliphatic heterocycles. The molecule has 2 N–H and O–H groups in total. The Morgan fingerprint density at radius 3 is 2.28 bits per heavy atom. The number of nitrogens with zero attached hydrogens (tertiary/aromatic N) is 1. The van der Waals surface area contributed by atoms with Crippen LogP contribution in [0.1, 0.15) is 31.4 Å². The minimum absolute atomic E-state index is 0.712. The standard InChI is InChI=1S/C16H24N2/c1-3-14-6-5-7-15(4-2)16(14)18-10-8-13(12-17)9-11-18/h5-8H,3-4,9-12,17H2,1-2H3. The molecule has 0 unspecified atom stereocenters. The maximum absolute atomic E-state index is 5.71. The molecule has 1 aliphatic rings. The van der Waals surface area contributed by atoms with Crippen molar-refractivity contribution in [1.29, 1.82) is 0 Å². The highest BCUT2D eigenvalue weighted by atomic mass is 15.1. The second-order valence-corrected chi connectivity index (χ2v) is 4.89. The highest BCUT2D eigenvalue weighted by molar-refractivity contribution is 5.61. The Morgan fingerprint density at radius 2 is 1.83 bits per heavy atom. The Kier molecular flexibility index (Phi) is 4.43. The van der Waals surface area contributed by atoms with Crippen molar-refractivity contribution >= 4 is 5.69 Å². The van der Waals surface area contributed by atoms with Crippen molar-refractivity contribution in [2.24, 2.45) is 5.73 Å². The van der Waals surface area contributed by atoms with Gasteiger partial charge in [-0.1, -0.05) is 43.7 Å². The maximum Gasteiger partial charge on any atom is 0.0434 e. The predicted octanol–water partition coefficient (Wildman–Crippen LogP) is 2.91. The number of para-hydroxylation sites is 1. The van der Waals surface area contributed by atoms with E-state index in [2.05, 4.69) is 43.0 Å². The molecule has 18 heavy (non-hydrogen) atoms. The number of nitrogens with two attached hydrogens (primary N) is 1. The molecule has 0 amide bonds. The van der Waals surface area contributed by atoms with E-state index in [1.54, 1.807) is 0 Å². The lowest BCUT2D eigenvalue weighted by atomic mass is 9.99. The molecule has 0 saturated carbocycles. The van der Waals surface area contributed by atoms with Gasteiger partial charge in [0.25, 0.3) is 0 Å². The Morgan fingerprint density at radius 1 is 1.17 bits per heavy atom. The first kappa shape index (κ1) is 13.2. The van der Waals surface area contributed by atoms with Gasteiger partial charge in [-0.3, -0.25) is 0 Å². The molecule has 2 rings (SSSR count). The summed E-state index contributed by atoms with van der Waals surface area (Å²) in [5.74, 6) is 0. The Balaban J connectivity index is 2.30. The fourth-order valence-corrected chi connectivity index (χ4v) is 2.72. The molecule has 0 aliphatic carbocycles. The van der Waals surface area contributed by atoms with Gasteiger partial charge in [0.15, 0.2) is 0 Å². The molecule has 0 fully saturated rings. The van der Waals surface area contributed by atoms with E-state index in [0.717, 1.165) is 32.4 Å². The van der Waals surface area contributed by atoms with Crippen LogP contribution >= 0.6 is 0 Å². The largest absolute Gasteiger partial charge is 0.367 e. The summed E-state index contributed by atoms with van der Waals surface area (Å²) < 4.78 is 0. The Labute approximate surface area is 110 Å². The fraction of sp³-hybridized carbons (Fsp3) is 0.500. The van der Waals surface area contributed by atoms with Crippen molar-refractivity contribution in [3.63, 3.8) is 0 Å². The predicted molar refractivity (Wildman–Crippen MR) is 79.2 cm³/mol. The van der Waals surface area contributed by atoms with Crippen LogP contribution in [0.4, 0.5) is 5.69 Å². The van der Waals surface area contributed by atoms with Crippen LogP contribution in [0.3, 0.4) is 0 Å². The van der Waals surface area contributed by atoms with Crippen LogP contribution in [0.15, 0.2) is 29.8 Å². The number of hydrogen-bond donors (Lipinski definition) is 1. The molecule has 0 radical (unpaired) electrons. The first-order valence-electron chi connectivity index (χ1n) is 7.03. The zero-order chi connectivity index (χ0) is 13.0. The van der Waals surface area contributed by atoms with Crippen molar-refractivity contribution < 1.29 is 0 Å². The van der Waals surface area contributed by atoms with Crippen molar-refractivity contribution in [2.75, 3.05) is 24.5 Å². The average Bonchev–Trinajstić information content (AvgIpc) is 2.46. The zero-order valence-corrected chi connectivity index (χ0v) is 11.6. The van der Waals surface area contributed by atoms with Gasteiger partial charge in [-0.05, 0) is 30.4 Å². The minimum atomic E-state index is 0.712. The van der Waals surface area contributed by atoms with E-state index >= 15 is 0 Å². The normalized spacial score (nSPS) is 15.7. The summed E-state index contributed by atoms with van der Waals surface area (Å²) in [6.07, 6.45) is 5.62. The van der Waals surface area contributed by atoms with Crippen molar-refractivity contribution in [1.82, 2.24) is 0 Å². The van der Waals surface area contributed by atoms with Crippen LogP contribution in [-0.2, 0) is 12.8 Å². The van der Waals surface area contributed by atoms with Crippen LogP contribution in [0.5, 0.6) is 0 Å². The second kappa shape index (κ2) is 6.05. The van der Waals surface area contributed by atoms with Crippen LogP contribution in [0.2, 0.25) is 0 Å². The van der Waals surface area contributed by atoms with Gasteiger partial charge in [-0.15, -0.1) is 0 Å². The van der Waals surface area contributed by atoms with Crippen molar-refractivity contribution in [3.8, 4) is 0 Å². The Hall–Kier alpha value is -1.28. The maximum atomic E-state index is 5.71. The second-order valence-electron chi connectivity index (χ2n) is 4.89. The van der Waals surface area contributed by atoms with E-state index in [9.17, 15) is 0 Å². The van der Waals surface area contributed by atoms with E-state index in [4.69, 9.17) is 5.73 Å². The summed E-state index contributed by atoms with van der Waals surface area (Å²) >= 11 is 0. The molecular formula is C16H24N2. The van der Waals surface area contributed by atoms with Crippen LogP contribution < -0.4 is 10.6 Å². The third-order valence-corrected chi connectivity index (χ3v) is 3.85. The molecular weight excluding hydrogens is 220 g/mol. The summed E-state index contributed by atoms with van der Waals surface area (Å²) in [5.41, 5.74) is 11.5. The summed E-state index contributed by atoms with van der Waals surface area (Å²) in [6, 6.07) is 6.71. The third kappa shape index (κ3) is 2.59. The van der Waals surface area contributed by atoms with E-state index in [1.807, 2.05) is 0 Å². The number of rotatable bonds is 4. The van der Waals surface area contributed by atoms with Crippen LogP contribution in [0, 0.1) is 0 Å². The number of hydrogen-bond acceptors (Lipinski definition) is 2. The smallest absolute Gasteiger partial charge is 0.0434 e. The topological polar surface area (TPSA) is 29.3 Å². The lowest BCUT2D eigenvalue weighted by Crippen LogP contribution is -2.31.